The Bertz CT molecular complexity index is 302. The van der Waals surface area contributed by atoms with E-state index < -0.39 is 0 Å². The standard InChI is InChI=1S/C18H34N2O/c1-2-3-4-14-5-9-16(10-6-14)18(21)20-13-15-7-11-17(19)12-8-15/h14-17H,2-13,19H2,1H3,(H,20,21). The second-order valence-corrected chi connectivity index (χ2v) is 7.39. The molecule has 1 amide bonds. The number of nitrogens with one attached hydrogen (secondary N) is 1. The first-order chi connectivity index (χ1) is 10.2. The van der Waals surface area contributed by atoms with E-state index in [1.54, 1.807) is 0 Å². The van der Waals surface area contributed by atoms with Gasteiger partial charge in [0.1, 0.15) is 0 Å². The highest BCUT2D eigenvalue weighted by atomic mass is 16.1. The number of hydrogen-bond acceptors (Lipinski definition) is 2. The van der Waals surface area contributed by atoms with E-state index in [-0.39, 0.29) is 5.92 Å². The van der Waals surface area contributed by atoms with Crippen molar-refractivity contribution < 1.29 is 4.79 Å². The Morgan fingerprint density at radius 2 is 1.62 bits per heavy atom. The molecule has 2 aliphatic rings. The molecule has 0 spiro atoms. The lowest BCUT2D eigenvalue weighted by atomic mass is 9.79. The summed E-state index contributed by atoms with van der Waals surface area (Å²) in [5.41, 5.74) is 5.93. The first-order valence-corrected chi connectivity index (χ1v) is 9.22. The number of unbranched alkanes of at least 4 members (excludes halogenated alkanes) is 1. The molecular weight excluding hydrogens is 260 g/mol. The average Bonchev–Trinajstić information content (AvgIpc) is 2.52. The Morgan fingerprint density at radius 3 is 2.24 bits per heavy atom. The minimum absolute atomic E-state index is 0.286. The molecule has 0 atom stereocenters. The minimum Gasteiger partial charge on any atom is -0.356 e. The summed E-state index contributed by atoms with van der Waals surface area (Å²) < 4.78 is 0. The summed E-state index contributed by atoms with van der Waals surface area (Å²) in [6.45, 7) is 3.14. The van der Waals surface area contributed by atoms with E-state index in [0.29, 0.717) is 17.9 Å². The lowest BCUT2D eigenvalue weighted by Gasteiger charge is -2.29. The third-order valence-electron chi connectivity index (χ3n) is 5.64. The Labute approximate surface area is 130 Å². The smallest absolute Gasteiger partial charge is 0.223 e. The van der Waals surface area contributed by atoms with Gasteiger partial charge in [-0.05, 0) is 63.2 Å². The fourth-order valence-corrected chi connectivity index (χ4v) is 3.99. The molecule has 0 aromatic rings. The first-order valence-electron chi connectivity index (χ1n) is 9.22. The van der Waals surface area contributed by atoms with Crippen LogP contribution in [0.25, 0.3) is 0 Å². The van der Waals surface area contributed by atoms with Gasteiger partial charge in [0.2, 0.25) is 5.91 Å². The van der Waals surface area contributed by atoms with Crippen molar-refractivity contribution in [1.29, 1.82) is 0 Å². The number of carbonyl (C=O) groups is 1. The molecule has 3 heteroatoms. The molecule has 0 unspecified atom stereocenters. The molecule has 3 N–H and O–H groups in total. The second-order valence-electron chi connectivity index (χ2n) is 7.39. The zero-order valence-electron chi connectivity index (χ0n) is 13.8. The maximum atomic E-state index is 12.3. The molecule has 2 aliphatic carbocycles. The van der Waals surface area contributed by atoms with Crippen LogP contribution in [-0.2, 0) is 4.79 Å². The Hall–Kier alpha value is -0.570. The van der Waals surface area contributed by atoms with Crippen LogP contribution in [0.15, 0.2) is 0 Å². The summed E-state index contributed by atoms with van der Waals surface area (Å²) in [5, 5.41) is 3.22. The van der Waals surface area contributed by atoms with Crippen molar-refractivity contribution in [3.05, 3.63) is 0 Å². The molecule has 0 aliphatic heterocycles. The first kappa shape index (κ1) is 16.8. The summed E-state index contributed by atoms with van der Waals surface area (Å²) >= 11 is 0. The van der Waals surface area contributed by atoms with Crippen LogP contribution in [-0.4, -0.2) is 18.5 Å². The van der Waals surface area contributed by atoms with Gasteiger partial charge in [-0.3, -0.25) is 4.79 Å². The third kappa shape index (κ3) is 5.61. The van der Waals surface area contributed by atoms with Crippen LogP contribution in [0.3, 0.4) is 0 Å². The fraction of sp³-hybridized carbons (Fsp3) is 0.944. The van der Waals surface area contributed by atoms with Crippen molar-refractivity contribution in [2.75, 3.05) is 6.54 Å². The van der Waals surface area contributed by atoms with Crippen LogP contribution in [0.4, 0.5) is 0 Å². The highest BCUT2D eigenvalue weighted by Gasteiger charge is 2.26. The molecule has 2 fully saturated rings. The van der Waals surface area contributed by atoms with Crippen LogP contribution in [0.1, 0.15) is 77.6 Å². The minimum atomic E-state index is 0.286. The van der Waals surface area contributed by atoms with E-state index in [2.05, 4.69) is 12.2 Å². The van der Waals surface area contributed by atoms with E-state index in [0.717, 1.165) is 38.1 Å². The van der Waals surface area contributed by atoms with Crippen LogP contribution in [0.2, 0.25) is 0 Å². The van der Waals surface area contributed by atoms with E-state index in [1.807, 2.05) is 0 Å². The molecule has 122 valence electrons. The molecule has 0 bridgehead atoms. The van der Waals surface area contributed by atoms with Gasteiger partial charge in [0.15, 0.2) is 0 Å². The Balaban J connectivity index is 1.61. The van der Waals surface area contributed by atoms with Crippen molar-refractivity contribution in [2.24, 2.45) is 23.5 Å². The maximum Gasteiger partial charge on any atom is 0.223 e. The topological polar surface area (TPSA) is 55.1 Å². The fourth-order valence-electron chi connectivity index (χ4n) is 3.99. The predicted octanol–water partition coefficient (Wildman–Crippen LogP) is 3.62. The van der Waals surface area contributed by atoms with E-state index in [1.165, 1.54) is 44.9 Å². The van der Waals surface area contributed by atoms with E-state index in [9.17, 15) is 4.79 Å². The molecule has 21 heavy (non-hydrogen) atoms. The van der Waals surface area contributed by atoms with Crippen LogP contribution in [0, 0.1) is 17.8 Å². The summed E-state index contributed by atoms with van der Waals surface area (Å²) in [7, 11) is 0. The number of carbonyl (C=O) groups excluding carboxylic acids is 1. The van der Waals surface area contributed by atoms with Gasteiger partial charge in [0.05, 0.1) is 0 Å². The lowest BCUT2D eigenvalue weighted by molar-refractivity contribution is -0.126. The Morgan fingerprint density at radius 1 is 1.00 bits per heavy atom. The van der Waals surface area contributed by atoms with Crippen molar-refractivity contribution in [2.45, 2.75) is 83.6 Å². The third-order valence-corrected chi connectivity index (χ3v) is 5.64. The van der Waals surface area contributed by atoms with Gasteiger partial charge in [0, 0.05) is 18.5 Å². The highest BCUT2D eigenvalue weighted by molar-refractivity contribution is 5.78. The number of nitrogens with two attached hydrogens (primary N) is 1. The monoisotopic (exact) mass is 294 g/mol. The van der Waals surface area contributed by atoms with Crippen LogP contribution in [0.5, 0.6) is 0 Å². The number of hydrogen-bond donors (Lipinski definition) is 2. The van der Waals surface area contributed by atoms with Gasteiger partial charge in [0.25, 0.3) is 0 Å². The summed E-state index contributed by atoms with van der Waals surface area (Å²) in [6.07, 6.45) is 13.4. The molecule has 2 saturated carbocycles. The van der Waals surface area contributed by atoms with Crippen LogP contribution < -0.4 is 11.1 Å². The number of rotatable bonds is 6. The van der Waals surface area contributed by atoms with Crippen molar-refractivity contribution in [1.82, 2.24) is 5.32 Å². The SMILES string of the molecule is CCCCC1CCC(C(=O)NCC2CCC(N)CC2)CC1. The summed E-state index contributed by atoms with van der Waals surface area (Å²) in [4.78, 5) is 12.3. The van der Waals surface area contributed by atoms with Gasteiger partial charge in [-0.1, -0.05) is 26.2 Å². The van der Waals surface area contributed by atoms with Crippen molar-refractivity contribution >= 4 is 5.91 Å². The number of amides is 1. The molecule has 0 aromatic heterocycles. The molecule has 3 nitrogen and oxygen atoms in total. The largest absolute Gasteiger partial charge is 0.356 e. The Kier molecular flexibility index (Phi) is 7.01. The molecule has 0 heterocycles. The van der Waals surface area contributed by atoms with Gasteiger partial charge >= 0.3 is 0 Å². The van der Waals surface area contributed by atoms with Crippen molar-refractivity contribution in [3.63, 3.8) is 0 Å². The zero-order valence-corrected chi connectivity index (χ0v) is 13.8. The molecule has 0 radical (unpaired) electrons. The molecule has 0 aromatic carbocycles. The van der Waals surface area contributed by atoms with E-state index in [4.69, 9.17) is 5.73 Å². The normalized spacial score (nSPS) is 33.6. The predicted molar refractivity (Wildman–Crippen MR) is 87.9 cm³/mol. The van der Waals surface area contributed by atoms with Crippen molar-refractivity contribution in [3.8, 4) is 0 Å². The highest BCUT2D eigenvalue weighted by Crippen LogP contribution is 2.32. The summed E-state index contributed by atoms with van der Waals surface area (Å²) in [5.74, 6) is 2.15. The van der Waals surface area contributed by atoms with Gasteiger partial charge in [-0.2, -0.15) is 0 Å². The quantitative estimate of drug-likeness (QED) is 0.786. The lowest BCUT2D eigenvalue weighted by Crippen LogP contribution is -2.38. The van der Waals surface area contributed by atoms with Gasteiger partial charge in [-0.25, -0.2) is 0 Å². The van der Waals surface area contributed by atoms with Gasteiger partial charge < -0.3 is 11.1 Å². The molecular formula is C18H34N2O. The zero-order chi connectivity index (χ0) is 15.1. The van der Waals surface area contributed by atoms with Gasteiger partial charge in [-0.15, -0.1) is 0 Å². The second kappa shape index (κ2) is 8.77. The summed E-state index contributed by atoms with van der Waals surface area (Å²) in [6, 6.07) is 0.398. The molecule has 2 rings (SSSR count). The maximum absolute atomic E-state index is 12.3. The average molecular weight is 294 g/mol. The van der Waals surface area contributed by atoms with Crippen LogP contribution >= 0.6 is 0 Å². The molecule has 0 saturated heterocycles. The van der Waals surface area contributed by atoms with E-state index >= 15 is 0 Å².